The largest absolute Gasteiger partial charge is 0.382 e. The van der Waals surface area contributed by atoms with Crippen molar-refractivity contribution in [3.05, 3.63) is 77.8 Å². The Labute approximate surface area is 159 Å². The first-order valence-corrected chi connectivity index (χ1v) is 8.74. The highest BCUT2D eigenvalue weighted by molar-refractivity contribution is 5.82. The molecular weight excluding hydrogens is 345 g/mol. The first kappa shape index (κ1) is 20.5. The molecule has 0 heterocycles. The molecule has 0 radical (unpaired) electrons. The van der Waals surface area contributed by atoms with Gasteiger partial charge in [0.15, 0.2) is 0 Å². The van der Waals surface area contributed by atoms with E-state index >= 15 is 0 Å². The Morgan fingerprint density at radius 1 is 1.15 bits per heavy atom. The van der Waals surface area contributed by atoms with Gasteiger partial charge in [-0.25, -0.2) is 4.39 Å². The number of rotatable bonds is 10. The van der Waals surface area contributed by atoms with Crippen molar-refractivity contribution in [1.29, 1.82) is 0 Å². The molecule has 0 aromatic heterocycles. The van der Waals surface area contributed by atoms with Crippen LogP contribution in [0.2, 0.25) is 0 Å². The maximum Gasteiger partial charge on any atom is 0.245 e. The zero-order valence-electron chi connectivity index (χ0n) is 15.7. The van der Waals surface area contributed by atoms with Crippen LogP contribution in [0.4, 0.5) is 10.1 Å². The summed E-state index contributed by atoms with van der Waals surface area (Å²) < 4.78 is 18.3. The summed E-state index contributed by atoms with van der Waals surface area (Å²) in [5.74, 6) is -0.388. The third-order valence-corrected chi connectivity index (χ3v) is 3.88. The highest BCUT2D eigenvalue weighted by atomic mass is 19.1. The normalized spacial score (nSPS) is 11.5. The van der Waals surface area contributed by atoms with E-state index in [1.54, 1.807) is 20.1 Å². The molecule has 27 heavy (non-hydrogen) atoms. The number of ether oxygens (including phenoxy) is 1. The molecule has 0 aliphatic carbocycles. The molecule has 3 N–H and O–H groups in total. The molecule has 0 spiro atoms. The summed E-state index contributed by atoms with van der Waals surface area (Å²) in [5, 5.41) is 9.13. The molecular formula is C21H26FN3O2. The third kappa shape index (κ3) is 7.11. The van der Waals surface area contributed by atoms with E-state index in [1.165, 1.54) is 12.1 Å². The number of carbonyl (C=O) groups excluding carboxylic acids is 1. The summed E-state index contributed by atoms with van der Waals surface area (Å²) in [4.78, 5) is 12.3. The number of benzene rings is 2. The molecule has 0 fully saturated rings. The number of hydrogen-bond acceptors (Lipinski definition) is 4. The van der Waals surface area contributed by atoms with Crippen LogP contribution >= 0.6 is 0 Å². The molecule has 1 amide bonds. The summed E-state index contributed by atoms with van der Waals surface area (Å²) in [6.45, 7) is 6.78. The Bertz CT molecular complexity index is 762. The van der Waals surface area contributed by atoms with Crippen LogP contribution in [0.5, 0.6) is 0 Å². The van der Waals surface area contributed by atoms with Crippen molar-refractivity contribution in [3.63, 3.8) is 0 Å². The molecule has 0 aliphatic rings. The molecule has 1 atom stereocenters. The van der Waals surface area contributed by atoms with Crippen molar-refractivity contribution in [2.75, 3.05) is 19.0 Å². The van der Waals surface area contributed by atoms with Gasteiger partial charge in [0, 0.05) is 31.6 Å². The molecule has 0 unspecified atom stereocenters. The van der Waals surface area contributed by atoms with Crippen LogP contribution < -0.4 is 16.0 Å². The van der Waals surface area contributed by atoms with Crippen molar-refractivity contribution in [2.45, 2.75) is 26.1 Å². The zero-order chi connectivity index (χ0) is 19.6. The highest BCUT2D eigenvalue weighted by Crippen LogP contribution is 2.12. The van der Waals surface area contributed by atoms with Crippen LogP contribution in [0.15, 0.2) is 60.8 Å². The zero-order valence-corrected chi connectivity index (χ0v) is 15.7. The van der Waals surface area contributed by atoms with Crippen molar-refractivity contribution < 1.29 is 13.9 Å². The monoisotopic (exact) mass is 371 g/mol. The molecule has 5 nitrogen and oxygen atoms in total. The van der Waals surface area contributed by atoms with E-state index in [0.717, 1.165) is 16.8 Å². The predicted octanol–water partition coefficient (Wildman–Crippen LogP) is 3.19. The van der Waals surface area contributed by atoms with E-state index in [9.17, 15) is 9.18 Å². The van der Waals surface area contributed by atoms with Gasteiger partial charge in [0.2, 0.25) is 5.91 Å². The Morgan fingerprint density at radius 2 is 1.89 bits per heavy atom. The number of allylic oxidation sites excluding steroid dienone is 1. The molecule has 0 saturated heterocycles. The van der Waals surface area contributed by atoms with Crippen molar-refractivity contribution in [2.24, 2.45) is 0 Å². The number of hydrogen-bond donors (Lipinski definition) is 3. The fourth-order valence-electron chi connectivity index (χ4n) is 2.55. The number of amides is 1. The SMILES string of the molecule is C=C(C)N[C@H](COC)C(=O)NCc1ccc(NCc2cccc(F)c2)cc1. The van der Waals surface area contributed by atoms with E-state index in [2.05, 4.69) is 22.5 Å². The summed E-state index contributed by atoms with van der Waals surface area (Å²) in [7, 11) is 1.55. The van der Waals surface area contributed by atoms with Crippen LogP contribution in [-0.2, 0) is 22.6 Å². The average Bonchev–Trinajstić information content (AvgIpc) is 2.64. The van der Waals surface area contributed by atoms with E-state index in [0.29, 0.717) is 18.8 Å². The lowest BCUT2D eigenvalue weighted by atomic mass is 10.1. The van der Waals surface area contributed by atoms with Crippen LogP contribution in [0.25, 0.3) is 0 Å². The number of nitrogens with one attached hydrogen (secondary N) is 3. The molecule has 0 saturated carbocycles. The van der Waals surface area contributed by atoms with Gasteiger partial charge in [0.1, 0.15) is 11.9 Å². The first-order chi connectivity index (χ1) is 13.0. The molecule has 2 aromatic rings. The van der Waals surface area contributed by atoms with Crippen molar-refractivity contribution in [1.82, 2.24) is 10.6 Å². The molecule has 2 aromatic carbocycles. The van der Waals surface area contributed by atoms with E-state index in [1.807, 2.05) is 30.3 Å². The molecule has 2 rings (SSSR count). The maximum absolute atomic E-state index is 13.2. The van der Waals surface area contributed by atoms with Gasteiger partial charge in [0.25, 0.3) is 0 Å². The van der Waals surface area contributed by atoms with E-state index < -0.39 is 6.04 Å². The number of halogens is 1. The van der Waals surface area contributed by atoms with Crippen molar-refractivity contribution >= 4 is 11.6 Å². The Morgan fingerprint density at radius 3 is 2.52 bits per heavy atom. The first-order valence-electron chi connectivity index (χ1n) is 8.74. The van der Waals surface area contributed by atoms with Gasteiger partial charge in [-0.2, -0.15) is 0 Å². The maximum atomic E-state index is 13.2. The highest BCUT2D eigenvalue weighted by Gasteiger charge is 2.17. The van der Waals surface area contributed by atoms with E-state index in [-0.39, 0.29) is 18.3 Å². The average molecular weight is 371 g/mol. The van der Waals surface area contributed by atoms with Gasteiger partial charge in [-0.05, 0) is 42.3 Å². The number of methoxy groups -OCH3 is 1. The standard InChI is InChI=1S/C21H26FN3O2/c1-15(2)25-20(14-27-3)21(26)24-12-16-7-9-19(10-8-16)23-13-17-5-4-6-18(22)11-17/h4-11,20,23,25H,1,12-14H2,2-3H3,(H,24,26)/t20-/m1/s1. The summed E-state index contributed by atoms with van der Waals surface area (Å²) in [6.07, 6.45) is 0. The van der Waals surface area contributed by atoms with Gasteiger partial charge in [-0.1, -0.05) is 30.8 Å². The van der Waals surface area contributed by atoms with Crippen LogP contribution in [0, 0.1) is 5.82 Å². The minimum Gasteiger partial charge on any atom is -0.382 e. The van der Waals surface area contributed by atoms with Gasteiger partial charge >= 0.3 is 0 Å². The van der Waals surface area contributed by atoms with Gasteiger partial charge < -0.3 is 20.7 Å². The second kappa shape index (κ2) is 10.3. The molecule has 0 aliphatic heterocycles. The van der Waals surface area contributed by atoms with Gasteiger partial charge in [0.05, 0.1) is 6.61 Å². The van der Waals surface area contributed by atoms with Crippen LogP contribution in [0.1, 0.15) is 18.1 Å². The van der Waals surface area contributed by atoms with Crippen LogP contribution in [0.3, 0.4) is 0 Å². The fourth-order valence-corrected chi connectivity index (χ4v) is 2.55. The number of anilines is 1. The molecule has 0 bridgehead atoms. The van der Waals surface area contributed by atoms with E-state index in [4.69, 9.17) is 4.74 Å². The Kier molecular flexibility index (Phi) is 7.82. The topological polar surface area (TPSA) is 62.4 Å². The Hall–Kier alpha value is -2.86. The number of carbonyl (C=O) groups is 1. The smallest absolute Gasteiger partial charge is 0.245 e. The predicted molar refractivity (Wildman–Crippen MR) is 106 cm³/mol. The van der Waals surface area contributed by atoms with Crippen LogP contribution in [-0.4, -0.2) is 25.7 Å². The summed E-state index contributed by atoms with van der Waals surface area (Å²) in [5.41, 5.74) is 3.49. The summed E-state index contributed by atoms with van der Waals surface area (Å²) in [6, 6.07) is 13.8. The van der Waals surface area contributed by atoms with Crippen molar-refractivity contribution in [3.8, 4) is 0 Å². The molecule has 6 heteroatoms. The lowest BCUT2D eigenvalue weighted by molar-refractivity contribution is -0.124. The second-order valence-corrected chi connectivity index (χ2v) is 6.33. The second-order valence-electron chi connectivity index (χ2n) is 6.33. The lowest BCUT2D eigenvalue weighted by Gasteiger charge is -2.18. The summed E-state index contributed by atoms with van der Waals surface area (Å²) >= 11 is 0. The fraction of sp³-hybridized carbons (Fsp3) is 0.286. The van der Waals surface area contributed by atoms with Gasteiger partial charge in [-0.3, -0.25) is 4.79 Å². The Balaban J connectivity index is 1.84. The quantitative estimate of drug-likeness (QED) is 0.600. The lowest BCUT2D eigenvalue weighted by Crippen LogP contribution is -2.45. The minimum atomic E-state index is -0.472. The third-order valence-electron chi connectivity index (χ3n) is 3.88. The molecule has 144 valence electrons. The minimum absolute atomic E-state index is 0.145. The van der Waals surface area contributed by atoms with Gasteiger partial charge in [-0.15, -0.1) is 0 Å².